The Morgan fingerprint density at radius 3 is 1.50 bits per heavy atom. The average Bonchev–Trinajstić information content (AvgIpc) is 0.722. The van der Waals surface area contributed by atoms with Gasteiger partial charge in [-0.15, -0.1) is 0 Å². The molecule has 0 amide bonds. The minimum absolute atomic E-state index is 0. The summed E-state index contributed by atoms with van der Waals surface area (Å²) in [5, 5.41) is 3.88. The van der Waals surface area contributed by atoms with Crippen molar-refractivity contribution in [1.29, 1.82) is 0 Å². The summed E-state index contributed by atoms with van der Waals surface area (Å²) in [4.78, 5) is 0. The van der Waals surface area contributed by atoms with Gasteiger partial charge >= 0.3 is 34.7 Å². The van der Waals surface area contributed by atoms with Gasteiger partial charge < -0.3 is 0 Å². The molecule has 0 aromatic heterocycles. The zero-order valence-electron chi connectivity index (χ0n) is 2.96. The molecule has 0 fully saturated rings. The molecule has 0 heterocycles. The van der Waals surface area contributed by atoms with Gasteiger partial charge in [-0.05, 0) is 0 Å². The third-order valence-electron chi connectivity index (χ3n) is 0. The molecule has 0 rings (SSSR count). The first-order valence-corrected chi connectivity index (χ1v) is 2.25. The molecular weight excluding hydrogens is 216 g/mol. The second-order valence-corrected chi connectivity index (χ2v) is 1.54. The fourth-order valence-corrected chi connectivity index (χ4v) is 0. The molecule has 40 valence electrons. The maximum absolute atomic E-state index is 8.97. The first kappa shape index (κ1) is 9.85. The van der Waals surface area contributed by atoms with Crippen LogP contribution in [0.15, 0.2) is 0 Å². The second-order valence-electron chi connectivity index (χ2n) is 0.515. The summed E-state index contributed by atoms with van der Waals surface area (Å²) < 4.78 is 25.2. The number of hydrogen-bond acceptors (Lipinski definition) is 2. The van der Waals surface area contributed by atoms with Gasteiger partial charge in [-0.3, -0.25) is 4.55 Å². The zero-order chi connectivity index (χ0) is 4.50. The zero-order valence-corrected chi connectivity index (χ0v) is 7.81. The van der Waals surface area contributed by atoms with Crippen molar-refractivity contribution in [2.75, 3.05) is 0 Å². The maximum atomic E-state index is 8.97. The summed E-state index contributed by atoms with van der Waals surface area (Å²) in [6.07, 6.45) is 0. The molecule has 0 atom stereocenters. The molecule has 0 saturated heterocycles. The molecule has 0 aromatic rings. The van der Waals surface area contributed by atoms with Crippen molar-refractivity contribution in [2.45, 2.75) is 0 Å². The van der Waals surface area contributed by atoms with Crippen LogP contribution in [-0.4, -0.2) is 37.4 Å². The third-order valence-corrected chi connectivity index (χ3v) is 0. The van der Waals surface area contributed by atoms with Gasteiger partial charge in [-0.1, -0.05) is 0 Å². The van der Waals surface area contributed by atoms with Crippen molar-refractivity contribution in [2.24, 2.45) is 5.14 Å². The quantitative estimate of drug-likeness (QED) is 0.353. The van der Waals surface area contributed by atoms with Crippen molar-refractivity contribution >= 4 is 34.7 Å². The van der Waals surface area contributed by atoms with Crippen LogP contribution in [-0.2, 0) is 10.3 Å². The van der Waals surface area contributed by atoms with E-state index in [1.54, 1.807) is 0 Å². The third kappa shape index (κ3) is 135. The molecule has 0 aliphatic carbocycles. The van der Waals surface area contributed by atoms with Gasteiger partial charge in [0.15, 0.2) is 0 Å². The van der Waals surface area contributed by atoms with Crippen LogP contribution in [0.4, 0.5) is 0 Å². The Balaban J connectivity index is 0. The van der Waals surface area contributed by atoms with Crippen molar-refractivity contribution in [3.63, 3.8) is 0 Å². The van der Waals surface area contributed by atoms with Gasteiger partial charge in [0.05, 0.1) is 0 Å². The van der Waals surface area contributed by atoms with Crippen molar-refractivity contribution in [3.8, 4) is 0 Å². The van der Waals surface area contributed by atoms with Gasteiger partial charge in [0.2, 0.25) is 0 Å². The van der Waals surface area contributed by atoms with E-state index in [9.17, 15) is 0 Å². The normalized spacial score (nSPS) is 9.67. The van der Waals surface area contributed by atoms with Gasteiger partial charge in [0.1, 0.15) is 0 Å². The van der Waals surface area contributed by atoms with Crippen LogP contribution in [0.1, 0.15) is 0 Å². The molecule has 4 nitrogen and oxygen atoms in total. The molecule has 0 radical (unpaired) electrons. The van der Waals surface area contributed by atoms with Crippen LogP contribution in [0.25, 0.3) is 0 Å². The number of rotatable bonds is 0. The summed E-state index contributed by atoms with van der Waals surface area (Å²) in [6.45, 7) is 0. The monoisotopic (exact) mass is 221 g/mol. The van der Waals surface area contributed by atoms with E-state index in [2.05, 4.69) is 5.14 Å². The van der Waals surface area contributed by atoms with Crippen LogP contribution in [0.3, 0.4) is 0 Å². The van der Waals surface area contributed by atoms with Crippen LogP contribution in [0.5, 0.6) is 0 Å². The molecule has 0 saturated carbocycles. The summed E-state index contributed by atoms with van der Waals surface area (Å²) in [5.74, 6) is 0. The molecule has 0 aliphatic rings. The Kier molecular flexibility index (Phi) is 4.59. The van der Waals surface area contributed by atoms with Crippen LogP contribution in [0.2, 0.25) is 0 Å². The minimum atomic E-state index is -4.17. The van der Waals surface area contributed by atoms with E-state index in [1.165, 1.54) is 0 Å². The van der Waals surface area contributed by atoms with Gasteiger partial charge in [-0.25, -0.2) is 5.14 Å². The van der Waals surface area contributed by atoms with E-state index in [-0.39, 0.29) is 24.4 Å². The van der Waals surface area contributed by atoms with E-state index in [4.69, 9.17) is 13.0 Å². The molecule has 0 aliphatic heterocycles. The van der Waals surface area contributed by atoms with Crippen LogP contribution in [0, 0.1) is 0 Å². The first-order chi connectivity index (χ1) is 2.00. The van der Waals surface area contributed by atoms with Crippen molar-refractivity contribution in [3.05, 3.63) is 0 Å². The number of hydrogen-bond donors (Lipinski definition) is 2. The van der Waals surface area contributed by atoms with Crippen molar-refractivity contribution in [1.82, 2.24) is 0 Å². The van der Waals surface area contributed by atoms with E-state index in [1.807, 2.05) is 0 Å². The Morgan fingerprint density at radius 2 is 1.50 bits per heavy atom. The predicted molar refractivity (Wildman–Crippen MR) is 25.7 cm³/mol. The Bertz CT molecular complexity index is 94.0. The Hall–Kier alpha value is 0.688. The SMILES string of the molecule is NS(=O)(=O)O.[SbH3]. The van der Waals surface area contributed by atoms with E-state index >= 15 is 0 Å². The molecule has 0 spiro atoms. The molecule has 6 heavy (non-hydrogen) atoms. The molecule has 0 aromatic carbocycles. The summed E-state index contributed by atoms with van der Waals surface area (Å²) >= 11 is 0. The second kappa shape index (κ2) is 2.79. The molecule has 6 heteroatoms. The fourth-order valence-electron chi connectivity index (χ4n) is 0. The standard InChI is InChI=1S/H3NO3S.Sb.3H/c1-5(2,3)4;;;;/h(H3,1,2,3,4);;;;. The van der Waals surface area contributed by atoms with E-state index in [0.29, 0.717) is 0 Å². The molecule has 0 bridgehead atoms. The van der Waals surface area contributed by atoms with Gasteiger partial charge in [0, 0.05) is 0 Å². The predicted octanol–water partition coefficient (Wildman–Crippen LogP) is -2.44. The summed E-state index contributed by atoms with van der Waals surface area (Å²) in [5.41, 5.74) is 0. The molecule has 3 N–H and O–H groups in total. The van der Waals surface area contributed by atoms with Crippen LogP contribution >= 0.6 is 0 Å². The van der Waals surface area contributed by atoms with Gasteiger partial charge in [0.25, 0.3) is 0 Å². The molecular formula is H6NO3SSb. The average molecular weight is 222 g/mol. The van der Waals surface area contributed by atoms with Crippen LogP contribution < -0.4 is 5.14 Å². The molecule has 0 unspecified atom stereocenters. The first-order valence-electron chi connectivity index (χ1n) is 0.752. The van der Waals surface area contributed by atoms with Crippen molar-refractivity contribution < 1.29 is 13.0 Å². The van der Waals surface area contributed by atoms with E-state index < -0.39 is 10.3 Å². The number of nitrogens with two attached hydrogens (primary N) is 1. The summed E-state index contributed by atoms with van der Waals surface area (Å²) in [7, 11) is -4.17. The van der Waals surface area contributed by atoms with E-state index in [0.717, 1.165) is 0 Å². The fraction of sp³-hybridized carbons (Fsp3) is 0. The van der Waals surface area contributed by atoms with Gasteiger partial charge in [-0.2, -0.15) is 8.42 Å². The Morgan fingerprint density at radius 1 is 1.50 bits per heavy atom. The topological polar surface area (TPSA) is 80.4 Å². The Labute approximate surface area is 53.0 Å². The summed E-state index contributed by atoms with van der Waals surface area (Å²) in [6, 6.07) is 0.